The van der Waals surface area contributed by atoms with Gasteiger partial charge in [-0.2, -0.15) is 0 Å². The molecule has 1 heterocycles. The first-order chi connectivity index (χ1) is 8.99. The molecule has 4 nitrogen and oxygen atoms in total. The molecule has 2 aromatic rings. The van der Waals surface area contributed by atoms with Gasteiger partial charge in [-0.05, 0) is 19.1 Å². The maximum absolute atomic E-state index is 12.3. The molecule has 100 valence electrons. The van der Waals surface area contributed by atoms with E-state index >= 15 is 0 Å². The van der Waals surface area contributed by atoms with E-state index in [1.165, 1.54) is 0 Å². The molecule has 1 N–H and O–H groups in total. The molecule has 0 spiro atoms. The van der Waals surface area contributed by atoms with E-state index in [9.17, 15) is 9.59 Å². The summed E-state index contributed by atoms with van der Waals surface area (Å²) in [6, 6.07) is 10.7. The van der Waals surface area contributed by atoms with E-state index in [1.807, 2.05) is 19.1 Å². The number of carbonyl (C=O) groups is 2. The van der Waals surface area contributed by atoms with Crippen molar-refractivity contribution in [3.05, 3.63) is 58.9 Å². The summed E-state index contributed by atoms with van der Waals surface area (Å²) in [7, 11) is 1.71. The van der Waals surface area contributed by atoms with Crippen LogP contribution in [0.4, 0.5) is 0 Å². The summed E-state index contributed by atoms with van der Waals surface area (Å²) in [5.41, 5.74) is 2.81. The number of aryl methyl sites for hydroxylation is 1. The Morgan fingerprint density at radius 1 is 1.10 bits per heavy atom. The van der Waals surface area contributed by atoms with Crippen molar-refractivity contribution in [2.45, 2.75) is 13.3 Å². The van der Waals surface area contributed by atoms with E-state index in [2.05, 4.69) is 0 Å². The van der Waals surface area contributed by atoms with Crippen molar-refractivity contribution in [3.8, 4) is 0 Å². The first kappa shape index (κ1) is 17.3. The summed E-state index contributed by atoms with van der Waals surface area (Å²) in [6.07, 6.45) is -0.0856. The normalized spacial score (nSPS) is 9.90. The predicted molar refractivity (Wildman–Crippen MR) is 78.5 cm³/mol. The maximum atomic E-state index is 12.3. The van der Waals surface area contributed by atoms with Crippen LogP contribution in [0.5, 0.6) is 0 Å². The first-order valence-corrected chi connectivity index (χ1v) is 5.97. The van der Waals surface area contributed by atoms with Gasteiger partial charge in [-0.25, -0.2) is 0 Å². The van der Waals surface area contributed by atoms with Crippen molar-refractivity contribution in [2.75, 3.05) is 0 Å². The number of benzene rings is 1. The number of ketones is 1. The van der Waals surface area contributed by atoms with Crippen LogP contribution in [0, 0.1) is 6.92 Å². The molecule has 0 amide bonds. The first-order valence-electron chi connectivity index (χ1n) is 5.97. The summed E-state index contributed by atoms with van der Waals surface area (Å²) in [4.78, 5) is 23.0. The molecule has 20 heavy (non-hydrogen) atoms. The SMILES string of the molecule is Cc1ccc(C(=O)c2ccc(CC(=O)O)n2C)cc1.[KH]. The van der Waals surface area contributed by atoms with Gasteiger partial charge >= 0.3 is 57.4 Å². The van der Waals surface area contributed by atoms with Gasteiger partial charge in [0.1, 0.15) is 0 Å². The number of hydrogen-bond acceptors (Lipinski definition) is 2. The Hall–Kier alpha value is -0.724. The number of carboxylic acids is 1. The van der Waals surface area contributed by atoms with Crippen LogP contribution in [0.2, 0.25) is 0 Å². The summed E-state index contributed by atoms with van der Waals surface area (Å²) in [5, 5.41) is 8.79. The molecule has 1 aromatic heterocycles. The second-order valence-corrected chi connectivity index (χ2v) is 4.53. The number of nitrogens with zero attached hydrogens (tertiary/aromatic N) is 1. The standard InChI is InChI=1S/C15H15NO3.K.H/c1-10-3-5-11(6-4-10)15(19)13-8-7-12(16(13)2)9-14(17)18;;/h3-8H,9H2,1-2H3,(H,17,18);;. The number of aromatic nitrogens is 1. The van der Waals surface area contributed by atoms with Gasteiger partial charge in [0.25, 0.3) is 0 Å². The number of carboxylic acid groups (broad SMARTS) is 1. The van der Waals surface area contributed by atoms with Crippen LogP contribution in [-0.4, -0.2) is 72.8 Å². The molecule has 0 bridgehead atoms. The molecule has 0 saturated carbocycles. The minimum absolute atomic E-state index is 0. The Kier molecular flexibility index (Phi) is 6.35. The predicted octanol–water partition coefficient (Wildman–Crippen LogP) is 1.54. The summed E-state index contributed by atoms with van der Waals surface area (Å²) >= 11 is 0. The number of rotatable bonds is 4. The van der Waals surface area contributed by atoms with E-state index in [4.69, 9.17) is 5.11 Å². The van der Waals surface area contributed by atoms with Crippen molar-refractivity contribution in [2.24, 2.45) is 7.05 Å². The fourth-order valence-electron chi connectivity index (χ4n) is 1.97. The van der Waals surface area contributed by atoms with Crippen molar-refractivity contribution in [3.63, 3.8) is 0 Å². The number of carbonyl (C=O) groups excluding carboxylic acids is 1. The molecule has 0 atom stereocenters. The second kappa shape index (κ2) is 7.33. The van der Waals surface area contributed by atoms with Gasteiger partial charge in [-0.1, -0.05) is 29.8 Å². The summed E-state index contributed by atoms with van der Waals surface area (Å²) in [6.45, 7) is 1.96. The molecule has 0 saturated heterocycles. The molecular formula is C15H16KNO3. The average Bonchev–Trinajstić information content (AvgIpc) is 2.70. The summed E-state index contributed by atoms with van der Waals surface area (Å²) < 4.78 is 1.64. The van der Waals surface area contributed by atoms with Crippen molar-refractivity contribution in [1.82, 2.24) is 4.57 Å². The van der Waals surface area contributed by atoms with Crippen LogP contribution >= 0.6 is 0 Å². The Balaban J connectivity index is 0.00000200. The molecule has 5 heteroatoms. The molecule has 0 aliphatic carbocycles. The Labute approximate surface area is 160 Å². The molecule has 1 aromatic carbocycles. The van der Waals surface area contributed by atoms with E-state index in [1.54, 1.807) is 35.9 Å². The van der Waals surface area contributed by atoms with Crippen LogP contribution in [0.15, 0.2) is 36.4 Å². The zero-order chi connectivity index (χ0) is 14.0. The van der Waals surface area contributed by atoms with Crippen molar-refractivity contribution >= 4 is 63.1 Å². The van der Waals surface area contributed by atoms with Crippen molar-refractivity contribution < 1.29 is 14.7 Å². The molecule has 0 aliphatic rings. The van der Waals surface area contributed by atoms with E-state index in [0.717, 1.165) is 5.56 Å². The van der Waals surface area contributed by atoms with Crippen LogP contribution in [-0.2, 0) is 18.3 Å². The fraction of sp³-hybridized carbons (Fsp3) is 0.200. The molecule has 0 aliphatic heterocycles. The van der Waals surface area contributed by atoms with Crippen LogP contribution < -0.4 is 0 Å². The molecule has 2 rings (SSSR count). The van der Waals surface area contributed by atoms with Gasteiger partial charge < -0.3 is 9.67 Å². The van der Waals surface area contributed by atoms with Gasteiger partial charge in [0.05, 0.1) is 12.1 Å². The topological polar surface area (TPSA) is 59.3 Å². The zero-order valence-electron chi connectivity index (χ0n) is 10.9. The average molecular weight is 297 g/mol. The quantitative estimate of drug-likeness (QED) is 0.688. The Morgan fingerprint density at radius 3 is 2.25 bits per heavy atom. The van der Waals surface area contributed by atoms with Crippen LogP contribution in [0.1, 0.15) is 27.3 Å². The Morgan fingerprint density at radius 2 is 1.70 bits per heavy atom. The van der Waals surface area contributed by atoms with Gasteiger partial charge in [0.2, 0.25) is 5.78 Å². The van der Waals surface area contributed by atoms with Gasteiger partial charge in [-0.3, -0.25) is 9.59 Å². The van der Waals surface area contributed by atoms with Crippen LogP contribution in [0.3, 0.4) is 0 Å². The van der Waals surface area contributed by atoms with E-state index in [-0.39, 0.29) is 63.6 Å². The Bertz CT molecular complexity index is 629. The third-order valence-corrected chi connectivity index (χ3v) is 3.10. The molecular weight excluding hydrogens is 281 g/mol. The molecule has 0 fully saturated rings. The van der Waals surface area contributed by atoms with E-state index in [0.29, 0.717) is 17.0 Å². The molecule has 0 unspecified atom stereocenters. The fourth-order valence-corrected chi connectivity index (χ4v) is 1.97. The second-order valence-electron chi connectivity index (χ2n) is 4.53. The summed E-state index contributed by atoms with van der Waals surface area (Å²) in [5.74, 6) is -1.00. The third-order valence-electron chi connectivity index (χ3n) is 3.10. The van der Waals surface area contributed by atoms with Gasteiger partial charge in [0.15, 0.2) is 0 Å². The zero-order valence-corrected chi connectivity index (χ0v) is 10.9. The minimum atomic E-state index is -0.907. The third kappa shape index (κ3) is 3.90. The van der Waals surface area contributed by atoms with Crippen LogP contribution in [0.25, 0.3) is 0 Å². The monoisotopic (exact) mass is 297 g/mol. The van der Waals surface area contributed by atoms with Gasteiger partial charge in [-0.15, -0.1) is 0 Å². The number of hydrogen-bond donors (Lipinski definition) is 1. The van der Waals surface area contributed by atoms with Gasteiger partial charge in [0, 0.05) is 18.3 Å². The van der Waals surface area contributed by atoms with E-state index < -0.39 is 5.97 Å². The number of aliphatic carboxylic acids is 1. The van der Waals surface area contributed by atoms with Crippen molar-refractivity contribution in [1.29, 1.82) is 0 Å². The molecule has 0 radical (unpaired) electrons.